The summed E-state index contributed by atoms with van der Waals surface area (Å²) in [5, 5.41) is 13.9. The molecular formula is C18H20N2O6. The number of amides is 1. The fourth-order valence-electron chi connectivity index (χ4n) is 2.33. The summed E-state index contributed by atoms with van der Waals surface area (Å²) in [7, 11) is 2.87. The lowest BCUT2D eigenvalue weighted by Gasteiger charge is -2.11. The Hall–Kier alpha value is -3.29. The van der Waals surface area contributed by atoms with Crippen molar-refractivity contribution >= 4 is 11.6 Å². The van der Waals surface area contributed by atoms with Crippen LogP contribution in [0.2, 0.25) is 0 Å². The first-order chi connectivity index (χ1) is 12.5. The number of benzene rings is 2. The molecule has 1 amide bonds. The summed E-state index contributed by atoms with van der Waals surface area (Å²) in [4.78, 5) is 22.6. The minimum absolute atomic E-state index is 0.0857. The summed E-state index contributed by atoms with van der Waals surface area (Å²) >= 11 is 0. The molecule has 0 aliphatic rings. The molecule has 2 rings (SSSR count). The van der Waals surface area contributed by atoms with Crippen molar-refractivity contribution in [1.29, 1.82) is 0 Å². The fraction of sp³-hybridized carbons (Fsp3) is 0.278. The molecule has 0 fully saturated rings. The van der Waals surface area contributed by atoms with Crippen LogP contribution in [0.4, 0.5) is 5.69 Å². The van der Waals surface area contributed by atoms with E-state index in [-0.39, 0.29) is 36.9 Å². The number of hydrogen-bond donors (Lipinski definition) is 1. The summed E-state index contributed by atoms with van der Waals surface area (Å²) in [6.07, 6.45) is 0.272. The quantitative estimate of drug-likeness (QED) is 0.544. The molecule has 0 aliphatic heterocycles. The first-order valence-electron chi connectivity index (χ1n) is 7.89. The minimum Gasteiger partial charge on any atom is -0.493 e. The van der Waals surface area contributed by atoms with Gasteiger partial charge in [0.25, 0.3) is 11.6 Å². The van der Waals surface area contributed by atoms with Crippen LogP contribution in [0.3, 0.4) is 0 Å². The zero-order valence-corrected chi connectivity index (χ0v) is 14.6. The number of nitro benzene ring substituents is 1. The number of nitrogens with zero attached hydrogens (tertiary/aromatic N) is 1. The summed E-state index contributed by atoms with van der Waals surface area (Å²) in [5.74, 6) is 0.963. The van der Waals surface area contributed by atoms with Gasteiger partial charge in [0.15, 0.2) is 18.1 Å². The number of para-hydroxylation sites is 1. The molecule has 2 aromatic carbocycles. The standard InChI is InChI=1S/C18H20N2O6/c1-24-16-10-13(15(20(22)23)11-17(16)25-2)8-9-19-18(21)12-26-14-6-4-3-5-7-14/h3-7,10-11H,8-9,12H2,1-2H3,(H,19,21). The molecule has 0 atom stereocenters. The summed E-state index contributed by atoms with van der Waals surface area (Å²) in [5.41, 5.74) is 0.356. The fourth-order valence-corrected chi connectivity index (χ4v) is 2.33. The van der Waals surface area contributed by atoms with E-state index in [1.807, 2.05) is 18.2 Å². The number of rotatable bonds is 9. The van der Waals surface area contributed by atoms with Crippen molar-refractivity contribution in [3.05, 3.63) is 58.1 Å². The van der Waals surface area contributed by atoms with Crippen LogP contribution in [0.15, 0.2) is 42.5 Å². The predicted molar refractivity (Wildman–Crippen MR) is 94.9 cm³/mol. The van der Waals surface area contributed by atoms with Gasteiger partial charge in [0.05, 0.1) is 25.2 Å². The topological polar surface area (TPSA) is 99.9 Å². The van der Waals surface area contributed by atoms with Crippen LogP contribution < -0.4 is 19.5 Å². The molecule has 8 nitrogen and oxygen atoms in total. The van der Waals surface area contributed by atoms with Gasteiger partial charge in [-0.2, -0.15) is 0 Å². The third-order valence-electron chi connectivity index (χ3n) is 3.61. The van der Waals surface area contributed by atoms with Gasteiger partial charge >= 0.3 is 0 Å². The molecule has 0 spiro atoms. The average Bonchev–Trinajstić information content (AvgIpc) is 2.66. The molecule has 0 saturated heterocycles. The number of carbonyl (C=O) groups is 1. The number of methoxy groups -OCH3 is 2. The highest BCUT2D eigenvalue weighted by Crippen LogP contribution is 2.34. The SMILES string of the molecule is COc1cc(CCNC(=O)COc2ccccc2)c([N+](=O)[O-])cc1OC. The molecule has 0 bridgehead atoms. The summed E-state index contributed by atoms with van der Waals surface area (Å²) < 4.78 is 15.6. The monoisotopic (exact) mass is 360 g/mol. The Labute approximate surface area is 150 Å². The second kappa shape index (κ2) is 9.26. The van der Waals surface area contributed by atoms with Gasteiger partial charge in [-0.25, -0.2) is 0 Å². The molecule has 0 aromatic heterocycles. The first kappa shape index (κ1) is 19.0. The van der Waals surface area contributed by atoms with Gasteiger partial charge in [-0.1, -0.05) is 18.2 Å². The average molecular weight is 360 g/mol. The lowest BCUT2D eigenvalue weighted by atomic mass is 10.1. The number of ether oxygens (including phenoxy) is 3. The van der Waals surface area contributed by atoms with E-state index in [4.69, 9.17) is 14.2 Å². The van der Waals surface area contributed by atoms with E-state index in [0.717, 1.165) is 0 Å². The van der Waals surface area contributed by atoms with Crippen LogP contribution in [0.1, 0.15) is 5.56 Å². The van der Waals surface area contributed by atoms with Crippen molar-refractivity contribution in [1.82, 2.24) is 5.32 Å². The maximum atomic E-state index is 11.8. The van der Waals surface area contributed by atoms with Gasteiger partial charge in [-0.05, 0) is 24.6 Å². The first-order valence-corrected chi connectivity index (χ1v) is 7.89. The van der Waals surface area contributed by atoms with Crippen molar-refractivity contribution in [2.45, 2.75) is 6.42 Å². The Morgan fingerprint density at radius 3 is 2.38 bits per heavy atom. The third kappa shape index (κ3) is 5.10. The smallest absolute Gasteiger partial charge is 0.276 e. The van der Waals surface area contributed by atoms with Gasteiger partial charge < -0.3 is 19.5 Å². The van der Waals surface area contributed by atoms with Crippen LogP contribution in [-0.4, -0.2) is 38.2 Å². The van der Waals surface area contributed by atoms with Gasteiger partial charge in [0.2, 0.25) is 0 Å². The van der Waals surface area contributed by atoms with E-state index in [1.54, 1.807) is 18.2 Å². The van der Waals surface area contributed by atoms with Crippen molar-refractivity contribution in [3.63, 3.8) is 0 Å². The molecule has 0 aliphatic carbocycles. The zero-order chi connectivity index (χ0) is 18.9. The molecule has 0 heterocycles. The maximum absolute atomic E-state index is 11.8. The molecule has 0 radical (unpaired) electrons. The van der Waals surface area contributed by atoms with Gasteiger partial charge in [0.1, 0.15) is 5.75 Å². The van der Waals surface area contributed by atoms with Crippen molar-refractivity contribution in [2.75, 3.05) is 27.4 Å². The Bertz CT molecular complexity index is 764. The lowest BCUT2D eigenvalue weighted by molar-refractivity contribution is -0.385. The number of nitrogens with one attached hydrogen (secondary N) is 1. The van der Waals surface area contributed by atoms with Crippen LogP contribution >= 0.6 is 0 Å². The Morgan fingerprint density at radius 2 is 1.77 bits per heavy atom. The Balaban J connectivity index is 1.93. The van der Waals surface area contributed by atoms with E-state index in [2.05, 4.69) is 5.32 Å². The summed E-state index contributed by atoms with van der Waals surface area (Å²) in [6, 6.07) is 11.8. The van der Waals surface area contributed by atoms with E-state index in [9.17, 15) is 14.9 Å². The molecule has 0 saturated carbocycles. The largest absolute Gasteiger partial charge is 0.493 e. The van der Waals surface area contributed by atoms with Crippen LogP contribution in [-0.2, 0) is 11.2 Å². The van der Waals surface area contributed by atoms with Crippen LogP contribution in [0.5, 0.6) is 17.2 Å². The number of carbonyl (C=O) groups excluding carboxylic acids is 1. The molecule has 2 aromatic rings. The second-order valence-electron chi connectivity index (χ2n) is 5.29. The third-order valence-corrected chi connectivity index (χ3v) is 3.61. The van der Waals surface area contributed by atoms with Crippen LogP contribution in [0.25, 0.3) is 0 Å². The number of hydrogen-bond acceptors (Lipinski definition) is 6. The van der Waals surface area contributed by atoms with Gasteiger partial charge in [0, 0.05) is 12.1 Å². The zero-order valence-electron chi connectivity index (χ0n) is 14.6. The normalized spacial score (nSPS) is 10.1. The number of nitro groups is 1. The van der Waals surface area contributed by atoms with Gasteiger partial charge in [-0.15, -0.1) is 0 Å². The van der Waals surface area contributed by atoms with E-state index in [1.165, 1.54) is 20.3 Å². The van der Waals surface area contributed by atoms with Crippen LogP contribution in [0, 0.1) is 10.1 Å². The summed E-state index contributed by atoms with van der Waals surface area (Å²) in [6.45, 7) is 0.103. The second-order valence-corrected chi connectivity index (χ2v) is 5.29. The van der Waals surface area contributed by atoms with E-state index in [0.29, 0.717) is 17.1 Å². The van der Waals surface area contributed by atoms with Crippen molar-refractivity contribution in [3.8, 4) is 17.2 Å². The van der Waals surface area contributed by atoms with E-state index >= 15 is 0 Å². The molecule has 8 heteroatoms. The Kier molecular flexibility index (Phi) is 6.78. The maximum Gasteiger partial charge on any atom is 0.276 e. The highest BCUT2D eigenvalue weighted by Gasteiger charge is 2.19. The highest BCUT2D eigenvalue weighted by atomic mass is 16.6. The van der Waals surface area contributed by atoms with E-state index < -0.39 is 4.92 Å². The van der Waals surface area contributed by atoms with Gasteiger partial charge in [-0.3, -0.25) is 14.9 Å². The molecule has 1 N–H and O–H groups in total. The predicted octanol–water partition coefficient (Wildman–Crippen LogP) is 2.35. The molecular weight excluding hydrogens is 340 g/mol. The molecule has 0 unspecified atom stereocenters. The van der Waals surface area contributed by atoms with Crippen molar-refractivity contribution in [2.24, 2.45) is 0 Å². The Morgan fingerprint density at radius 1 is 1.12 bits per heavy atom. The molecule has 138 valence electrons. The minimum atomic E-state index is -0.488. The lowest BCUT2D eigenvalue weighted by Crippen LogP contribution is -2.30. The highest BCUT2D eigenvalue weighted by molar-refractivity contribution is 5.77. The molecule has 26 heavy (non-hydrogen) atoms. The van der Waals surface area contributed by atoms with Crippen molar-refractivity contribution < 1.29 is 23.9 Å².